The van der Waals surface area contributed by atoms with E-state index in [1.54, 1.807) is 42.5 Å². The zero-order valence-electron chi connectivity index (χ0n) is 11.0. The van der Waals surface area contributed by atoms with E-state index in [0.717, 1.165) is 10.0 Å². The normalized spacial score (nSPS) is 10.1. The number of aromatic hydroxyl groups is 1. The number of carbonyl (C=O) groups excluding carboxylic acids is 1. The Labute approximate surface area is 136 Å². The van der Waals surface area contributed by atoms with E-state index >= 15 is 0 Å². The molecule has 0 atom stereocenters. The van der Waals surface area contributed by atoms with Crippen LogP contribution in [0.2, 0.25) is 0 Å². The molecule has 0 saturated carbocycles. The van der Waals surface area contributed by atoms with Gasteiger partial charge in [-0.1, -0.05) is 40.3 Å². The summed E-state index contributed by atoms with van der Waals surface area (Å²) in [6.07, 6.45) is 0.154. The minimum atomic E-state index is -0.208. The molecule has 1 amide bonds. The summed E-state index contributed by atoms with van der Waals surface area (Å²) >= 11 is 8.32. The van der Waals surface area contributed by atoms with Crippen LogP contribution in [0.25, 0.3) is 0 Å². The standard InChI is InChI=1S/C15H13BrN2O2S/c16-10-4-5-13(12(8-10)15(17)21)18-14(20)7-9-2-1-3-11(19)6-9/h1-6,8,19H,7H2,(H2,17,21)(H,18,20). The summed E-state index contributed by atoms with van der Waals surface area (Å²) in [5, 5.41) is 12.2. The van der Waals surface area contributed by atoms with Crippen molar-refractivity contribution in [2.24, 2.45) is 5.73 Å². The lowest BCUT2D eigenvalue weighted by molar-refractivity contribution is -0.115. The molecule has 0 saturated heterocycles. The average molecular weight is 365 g/mol. The molecule has 0 heterocycles. The molecule has 0 unspecified atom stereocenters. The SMILES string of the molecule is NC(=S)c1cc(Br)ccc1NC(=O)Cc1cccc(O)c1. The van der Waals surface area contributed by atoms with Crippen LogP contribution in [0.4, 0.5) is 5.69 Å². The maximum Gasteiger partial charge on any atom is 0.228 e. The van der Waals surface area contributed by atoms with E-state index in [1.807, 2.05) is 0 Å². The first-order chi connectivity index (χ1) is 9.95. The number of carbonyl (C=O) groups is 1. The summed E-state index contributed by atoms with van der Waals surface area (Å²) in [4.78, 5) is 12.3. The van der Waals surface area contributed by atoms with Gasteiger partial charge in [0, 0.05) is 10.0 Å². The summed E-state index contributed by atoms with van der Waals surface area (Å²) in [5.74, 6) is -0.0758. The lowest BCUT2D eigenvalue weighted by Gasteiger charge is -2.11. The van der Waals surface area contributed by atoms with Crippen molar-refractivity contribution in [2.75, 3.05) is 5.32 Å². The molecule has 21 heavy (non-hydrogen) atoms. The predicted molar refractivity (Wildman–Crippen MR) is 90.5 cm³/mol. The number of rotatable bonds is 4. The Kier molecular flexibility index (Phi) is 4.93. The first-order valence-corrected chi connectivity index (χ1v) is 7.33. The van der Waals surface area contributed by atoms with Gasteiger partial charge in [-0.2, -0.15) is 0 Å². The number of halogens is 1. The highest BCUT2D eigenvalue weighted by Gasteiger charge is 2.10. The molecule has 0 radical (unpaired) electrons. The molecule has 0 spiro atoms. The Balaban J connectivity index is 2.15. The highest BCUT2D eigenvalue weighted by atomic mass is 79.9. The molecule has 4 N–H and O–H groups in total. The van der Waals surface area contributed by atoms with Gasteiger partial charge in [0.1, 0.15) is 10.7 Å². The molecule has 108 valence electrons. The van der Waals surface area contributed by atoms with E-state index < -0.39 is 0 Å². The van der Waals surface area contributed by atoms with E-state index in [1.165, 1.54) is 0 Å². The van der Waals surface area contributed by atoms with Crippen molar-refractivity contribution in [2.45, 2.75) is 6.42 Å². The molecule has 6 heteroatoms. The second-order valence-electron chi connectivity index (χ2n) is 4.45. The van der Waals surface area contributed by atoms with Gasteiger partial charge in [-0.25, -0.2) is 0 Å². The van der Waals surface area contributed by atoms with E-state index in [-0.39, 0.29) is 23.1 Å². The lowest BCUT2D eigenvalue weighted by atomic mass is 10.1. The van der Waals surface area contributed by atoms with Crippen molar-refractivity contribution >= 4 is 44.7 Å². The molecule has 0 aliphatic carbocycles. The van der Waals surface area contributed by atoms with Gasteiger partial charge in [0.25, 0.3) is 0 Å². The van der Waals surface area contributed by atoms with Crippen LogP contribution in [0.15, 0.2) is 46.9 Å². The van der Waals surface area contributed by atoms with Crippen molar-refractivity contribution < 1.29 is 9.90 Å². The molecule has 4 nitrogen and oxygen atoms in total. The summed E-state index contributed by atoms with van der Waals surface area (Å²) in [6.45, 7) is 0. The third-order valence-corrected chi connectivity index (χ3v) is 3.51. The van der Waals surface area contributed by atoms with Crippen molar-refractivity contribution in [1.82, 2.24) is 0 Å². The zero-order chi connectivity index (χ0) is 15.4. The number of phenolic OH excluding ortho intramolecular Hbond substituents is 1. The molecule has 0 fully saturated rings. The molecule has 2 rings (SSSR count). The maximum absolute atomic E-state index is 12.1. The number of hydrogen-bond donors (Lipinski definition) is 3. The van der Waals surface area contributed by atoms with Gasteiger partial charge in [-0.05, 0) is 35.9 Å². The summed E-state index contributed by atoms with van der Waals surface area (Å²) in [5.41, 5.74) is 7.55. The van der Waals surface area contributed by atoms with E-state index in [2.05, 4.69) is 21.2 Å². The molecule has 2 aromatic rings. The minimum Gasteiger partial charge on any atom is -0.508 e. The summed E-state index contributed by atoms with van der Waals surface area (Å²) in [6, 6.07) is 11.9. The number of nitrogens with two attached hydrogens (primary N) is 1. The molecule has 0 bridgehead atoms. The van der Waals surface area contributed by atoms with Crippen LogP contribution < -0.4 is 11.1 Å². The highest BCUT2D eigenvalue weighted by molar-refractivity contribution is 9.10. The van der Waals surface area contributed by atoms with Gasteiger partial charge in [0.15, 0.2) is 0 Å². The molecule has 0 aromatic heterocycles. The highest BCUT2D eigenvalue weighted by Crippen LogP contribution is 2.21. The Morgan fingerprint density at radius 2 is 2.05 bits per heavy atom. The molecular formula is C15H13BrN2O2S. The van der Waals surface area contributed by atoms with Crippen molar-refractivity contribution in [1.29, 1.82) is 0 Å². The monoisotopic (exact) mass is 364 g/mol. The number of hydrogen-bond acceptors (Lipinski definition) is 3. The van der Waals surface area contributed by atoms with E-state index in [0.29, 0.717) is 11.3 Å². The van der Waals surface area contributed by atoms with Crippen LogP contribution >= 0.6 is 28.1 Å². The average Bonchev–Trinajstić information content (AvgIpc) is 2.40. The third kappa shape index (κ3) is 4.27. The second kappa shape index (κ2) is 6.69. The second-order valence-corrected chi connectivity index (χ2v) is 5.80. The van der Waals surface area contributed by atoms with Gasteiger partial charge >= 0.3 is 0 Å². The first kappa shape index (κ1) is 15.5. The number of benzene rings is 2. The fourth-order valence-electron chi connectivity index (χ4n) is 1.88. The van der Waals surface area contributed by atoms with Crippen molar-refractivity contribution in [3.05, 3.63) is 58.1 Å². The van der Waals surface area contributed by atoms with Crippen LogP contribution in [-0.4, -0.2) is 16.0 Å². The van der Waals surface area contributed by atoms with Crippen molar-refractivity contribution in [3.63, 3.8) is 0 Å². The van der Waals surface area contributed by atoms with Gasteiger partial charge in [0.2, 0.25) is 5.91 Å². The Morgan fingerprint density at radius 1 is 1.29 bits per heavy atom. The fraction of sp³-hybridized carbons (Fsp3) is 0.0667. The van der Waals surface area contributed by atoms with Crippen LogP contribution in [0.1, 0.15) is 11.1 Å². The van der Waals surface area contributed by atoms with Crippen LogP contribution in [0.5, 0.6) is 5.75 Å². The topological polar surface area (TPSA) is 75.3 Å². The Morgan fingerprint density at radius 3 is 2.71 bits per heavy atom. The smallest absolute Gasteiger partial charge is 0.228 e. The van der Waals surface area contributed by atoms with E-state index in [4.69, 9.17) is 18.0 Å². The fourth-order valence-corrected chi connectivity index (χ4v) is 2.41. The molecule has 2 aromatic carbocycles. The van der Waals surface area contributed by atoms with Gasteiger partial charge in [-0.15, -0.1) is 0 Å². The van der Waals surface area contributed by atoms with Crippen LogP contribution in [0, 0.1) is 0 Å². The van der Waals surface area contributed by atoms with Crippen LogP contribution in [-0.2, 0) is 11.2 Å². The van der Waals surface area contributed by atoms with Gasteiger partial charge in [-0.3, -0.25) is 4.79 Å². The maximum atomic E-state index is 12.1. The van der Waals surface area contributed by atoms with E-state index in [9.17, 15) is 9.90 Å². The Hall–Kier alpha value is -1.92. The molecule has 0 aliphatic heterocycles. The summed E-state index contributed by atoms with van der Waals surface area (Å²) in [7, 11) is 0. The predicted octanol–water partition coefficient (Wildman–Crippen LogP) is 2.97. The number of phenols is 1. The third-order valence-electron chi connectivity index (χ3n) is 2.80. The van der Waals surface area contributed by atoms with Crippen LogP contribution in [0.3, 0.4) is 0 Å². The zero-order valence-corrected chi connectivity index (χ0v) is 13.4. The summed E-state index contributed by atoms with van der Waals surface area (Å²) < 4.78 is 0.830. The van der Waals surface area contributed by atoms with Crippen molar-refractivity contribution in [3.8, 4) is 5.75 Å². The number of amides is 1. The minimum absolute atomic E-state index is 0.132. The largest absolute Gasteiger partial charge is 0.508 e. The molecular weight excluding hydrogens is 352 g/mol. The first-order valence-electron chi connectivity index (χ1n) is 6.13. The number of anilines is 1. The lowest BCUT2D eigenvalue weighted by Crippen LogP contribution is -2.19. The van der Waals surface area contributed by atoms with Gasteiger partial charge in [0.05, 0.1) is 12.1 Å². The van der Waals surface area contributed by atoms with Gasteiger partial charge < -0.3 is 16.2 Å². The Bertz CT molecular complexity index is 704. The number of nitrogens with one attached hydrogen (secondary N) is 1. The molecule has 0 aliphatic rings. The quantitative estimate of drug-likeness (QED) is 0.729. The number of thiocarbonyl (C=S) groups is 1.